The molecule has 0 heterocycles. The van der Waals surface area contributed by atoms with Gasteiger partial charge < -0.3 is 0 Å². The second-order valence-corrected chi connectivity index (χ2v) is 7.41. The van der Waals surface area contributed by atoms with Crippen molar-refractivity contribution in [3.8, 4) is 0 Å². The number of benzene rings is 1. The van der Waals surface area contributed by atoms with Gasteiger partial charge in [0, 0.05) is 8.80 Å². The summed E-state index contributed by atoms with van der Waals surface area (Å²) < 4.78 is 0. The Morgan fingerprint density at radius 3 is 2.69 bits per heavy atom. The van der Waals surface area contributed by atoms with Gasteiger partial charge in [0.15, 0.2) is 0 Å². The van der Waals surface area contributed by atoms with Crippen LogP contribution < -0.4 is 0 Å². The number of hydrogen-bond acceptors (Lipinski definition) is 0. The van der Waals surface area contributed by atoms with Gasteiger partial charge in [-0.25, -0.2) is 0 Å². The predicted octanol–water partition coefficient (Wildman–Crippen LogP) is 3.13. The van der Waals surface area contributed by atoms with Crippen LogP contribution in [0.1, 0.15) is 22.2 Å². The Bertz CT molecular complexity index is 350. The first-order valence-electron chi connectivity index (χ1n) is 4.98. The zero-order valence-corrected chi connectivity index (χ0v) is 9.70. The molecule has 0 aliphatic heterocycles. The molecule has 0 spiro atoms. The normalized spacial score (nSPS) is 19.5. The second-order valence-electron chi connectivity index (χ2n) is 4.21. The zero-order chi connectivity index (χ0) is 9.42. The Labute approximate surface area is 81.9 Å². The lowest BCUT2D eigenvalue weighted by Crippen LogP contribution is -2.12. The fraction of sp³-hybridized carbons (Fsp3) is 0.333. The van der Waals surface area contributed by atoms with Gasteiger partial charge in [0.2, 0.25) is 0 Å². The van der Waals surface area contributed by atoms with Crippen molar-refractivity contribution >= 4 is 14.9 Å². The molecule has 68 valence electrons. The highest BCUT2D eigenvalue weighted by molar-refractivity contribution is 6.58. The fourth-order valence-corrected chi connectivity index (χ4v) is 3.67. The molecule has 0 radical (unpaired) electrons. The van der Waals surface area contributed by atoms with Crippen molar-refractivity contribution in [2.75, 3.05) is 0 Å². The van der Waals surface area contributed by atoms with Gasteiger partial charge in [0.05, 0.1) is 0 Å². The predicted molar refractivity (Wildman–Crippen MR) is 61.8 cm³/mol. The van der Waals surface area contributed by atoms with Crippen LogP contribution in [-0.2, 0) is 0 Å². The summed E-state index contributed by atoms with van der Waals surface area (Å²) in [4.78, 5) is 0. The molecule has 0 fully saturated rings. The van der Waals surface area contributed by atoms with Crippen molar-refractivity contribution in [2.24, 2.45) is 0 Å². The van der Waals surface area contributed by atoms with E-state index in [4.69, 9.17) is 0 Å². The molecule has 0 nitrogen and oxygen atoms in total. The minimum atomic E-state index is -0.567. The maximum Gasteiger partial charge on any atom is 0.0436 e. The van der Waals surface area contributed by atoms with E-state index < -0.39 is 8.80 Å². The Morgan fingerprint density at radius 2 is 2.00 bits per heavy atom. The van der Waals surface area contributed by atoms with Crippen molar-refractivity contribution in [3.05, 3.63) is 41.0 Å². The van der Waals surface area contributed by atoms with Crippen molar-refractivity contribution in [2.45, 2.75) is 25.6 Å². The third kappa shape index (κ3) is 1.37. The molecule has 1 unspecified atom stereocenters. The molecular weight excluding hydrogens is 172 g/mol. The molecule has 0 amide bonds. The molecule has 0 saturated heterocycles. The maximum absolute atomic E-state index is 2.42. The molecule has 1 atom stereocenters. The van der Waals surface area contributed by atoms with E-state index >= 15 is 0 Å². The largest absolute Gasteiger partial charge is 0.0795 e. The van der Waals surface area contributed by atoms with E-state index in [1.165, 1.54) is 11.1 Å². The third-order valence-corrected chi connectivity index (χ3v) is 4.92. The standard InChI is InChI=1S/C12H16Si/c1-9-5-4-6-11-10(9)7-8-12(11)13(2)3/h4-8,12-13H,1-3H3. The molecule has 0 N–H and O–H groups in total. The van der Waals surface area contributed by atoms with E-state index in [2.05, 4.69) is 50.4 Å². The molecule has 0 bridgehead atoms. The van der Waals surface area contributed by atoms with Crippen LogP contribution in [0.15, 0.2) is 24.3 Å². The molecule has 1 aromatic carbocycles. The SMILES string of the molecule is Cc1cccc2c1C=CC2[SiH](C)C. The summed E-state index contributed by atoms with van der Waals surface area (Å²) in [6, 6.07) is 6.68. The van der Waals surface area contributed by atoms with Gasteiger partial charge in [-0.15, -0.1) is 0 Å². The average Bonchev–Trinajstić information content (AvgIpc) is 2.48. The average molecular weight is 188 g/mol. The van der Waals surface area contributed by atoms with Crippen molar-refractivity contribution in [3.63, 3.8) is 0 Å². The second kappa shape index (κ2) is 3.15. The van der Waals surface area contributed by atoms with Gasteiger partial charge in [-0.05, 0) is 29.2 Å². The Balaban J connectivity index is 2.49. The summed E-state index contributed by atoms with van der Waals surface area (Å²) in [6.45, 7) is 7.05. The molecular formula is C12H16Si. The highest BCUT2D eigenvalue weighted by Crippen LogP contribution is 2.33. The van der Waals surface area contributed by atoms with E-state index in [-0.39, 0.29) is 0 Å². The summed E-state index contributed by atoms with van der Waals surface area (Å²) in [5, 5.41) is 0. The van der Waals surface area contributed by atoms with Crippen LogP contribution in [0.25, 0.3) is 6.08 Å². The molecule has 2 rings (SSSR count). The first-order valence-corrected chi connectivity index (χ1v) is 7.95. The lowest BCUT2D eigenvalue weighted by Gasteiger charge is -2.14. The molecule has 1 aromatic rings. The molecule has 1 aliphatic carbocycles. The van der Waals surface area contributed by atoms with E-state index in [9.17, 15) is 0 Å². The molecule has 0 saturated carbocycles. The van der Waals surface area contributed by atoms with Gasteiger partial charge in [-0.1, -0.05) is 43.4 Å². The summed E-state index contributed by atoms with van der Waals surface area (Å²) in [6.07, 6.45) is 4.71. The van der Waals surface area contributed by atoms with Gasteiger partial charge in [-0.2, -0.15) is 0 Å². The fourth-order valence-electron chi connectivity index (χ4n) is 2.11. The zero-order valence-electron chi connectivity index (χ0n) is 8.54. The van der Waals surface area contributed by atoms with Crippen LogP contribution in [0, 0.1) is 6.92 Å². The molecule has 13 heavy (non-hydrogen) atoms. The Hall–Kier alpha value is -0.823. The number of rotatable bonds is 1. The highest BCUT2D eigenvalue weighted by Gasteiger charge is 2.21. The molecule has 1 aliphatic rings. The number of fused-ring (bicyclic) bond motifs is 1. The van der Waals surface area contributed by atoms with Crippen LogP contribution in [0.2, 0.25) is 13.1 Å². The van der Waals surface area contributed by atoms with Crippen molar-refractivity contribution < 1.29 is 0 Å². The van der Waals surface area contributed by atoms with Crippen LogP contribution >= 0.6 is 0 Å². The number of hydrogen-bond donors (Lipinski definition) is 0. The monoisotopic (exact) mass is 188 g/mol. The van der Waals surface area contributed by atoms with E-state index in [0.717, 1.165) is 5.54 Å². The topological polar surface area (TPSA) is 0 Å². The first-order chi connectivity index (χ1) is 6.20. The number of aryl methyl sites for hydroxylation is 1. The highest BCUT2D eigenvalue weighted by atomic mass is 28.3. The minimum absolute atomic E-state index is 0.567. The lowest BCUT2D eigenvalue weighted by molar-refractivity contribution is 1.19. The maximum atomic E-state index is 2.42. The van der Waals surface area contributed by atoms with Crippen molar-refractivity contribution in [1.29, 1.82) is 0 Å². The van der Waals surface area contributed by atoms with Crippen molar-refractivity contribution in [1.82, 2.24) is 0 Å². The Morgan fingerprint density at radius 1 is 1.23 bits per heavy atom. The smallest absolute Gasteiger partial charge is 0.0436 e. The quantitative estimate of drug-likeness (QED) is 0.594. The van der Waals surface area contributed by atoms with Crippen LogP contribution in [-0.4, -0.2) is 8.80 Å². The van der Waals surface area contributed by atoms with Gasteiger partial charge >= 0.3 is 0 Å². The Kier molecular flexibility index (Phi) is 2.12. The first kappa shape index (κ1) is 8.76. The van der Waals surface area contributed by atoms with E-state index in [1.54, 1.807) is 5.56 Å². The van der Waals surface area contributed by atoms with Crippen LogP contribution in [0.3, 0.4) is 0 Å². The van der Waals surface area contributed by atoms with Crippen LogP contribution in [0.5, 0.6) is 0 Å². The lowest BCUT2D eigenvalue weighted by atomic mass is 10.0. The van der Waals surface area contributed by atoms with Crippen LogP contribution in [0.4, 0.5) is 0 Å². The van der Waals surface area contributed by atoms with E-state index in [1.807, 2.05) is 0 Å². The molecule has 1 heteroatoms. The summed E-state index contributed by atoms with van der Waals surface area (Å²) in [5.74, 6) is 0. The summed E-state index contributed by atoms with van der Waals surface area (Å²) >= 11 is 0. The molecule has 0 aromatic heterocycles. The van der Waals surface area contributed by atoms with Gasteiger partial charge in [0.1, 0.15) is 0 Å². The van der Waals surface area contributed by atoms with Gasteiger partial charge in [0.25, 0.3) is 0 Å². The van der Waals surface area contributed by atoms with E-state index in [0.29, 0.717) is 0 Å². The number of allylic oxidation sites excluding steroid dienone is 1. The minimum Gasteiger partial charge on any atom is -0.0795 e. The summed E-state index contributed by atoms with van der Waals surface area (Å²) in [7, 11) is -0.567. The summed E-state index contributed by atoms with van der Waals surface area (Å²) in [5.41, 5.74) is 5.25. The third-order valence-electron chi connectivity index (χ3n) is 2.91. The van der Waals surface area contributed by atoms with Gasteiger partial charge in [-0.3, -0.25) is 0 Å².